The number of halogens is 2. The summed E-state index contributed by atoms with van der Waals surface area (Å²) in [5.74, 6) is -3.04. The number of nitro groups is 1. The predicted octanol–water partition coefficient (Wildman–Crippen LogP) is 1.06. The van der Waals surface area contributed by atoms with Crippen molar-refractivity contribution in [2.75, 3.05) is 25.5 Å². The van der Waals surface area contributed by atoms with Crippen LogP contribution in [0.2, 0.25) is 0 Å². The Morgan fingerprint density at radius 1 is 1.50 bits per heavy atom. The molecule has 0 unspecified atom stereocenters. The number of nitro benzene ring substituents is 1. The quantitative estimate of drug-likeness (QED) is 0.648. The van der Waals surface area contributed by atoms with Gasteiger partial charge in [-0.15, -0.1) is 0 Å². The molecular formula is C10H11F2N3O3. The number of anilines is 1. The highest BCUT2D eigenvalue weighted by Crippen LogP contribution is 2.31. The Morgan fingerprint density at radius 3 is 2.61 bits per heavy atom. The van der Waals surface area contributed by atoms with Gasteiger partial charge in [0, 0.05) is 20.2 Å². The van der Waals surface area contributed by atoms with Gasteiger partial charge in [-0.2, -0.15) is 0 Å². The predicted molar refractivity (Wildman–Crippen MR) is 60.3 cm³/mol. The van der Waals surface area contributed by atoms with Crippen molar-refractivity contribution in [1.29, 1.82) is 0 Å². The summed E-state index contributed by atoms with van der Waals surface area (Å²) >= 11 is 0. The molecule has 0 aliphatic carbocycles. The third-order valence-electron chi connectivity index (χ3n) is 2.29. The average molecular weight is 259 g/mol. The normalized spacial score (nSPS) is 10.0. The molecule has 0 saturated carbocycles. The van der Waals surface area contributed by atoms with Crippen LogP contribution in [0.15, 0.2) is 12.1 Å². The molecule has 0 atom stereocenters. The Labute approximate surface area is 101 Å². The summed E-state index contributed by atoms with van der Waals surface area (Å²) in [6.07, 6.45) is 0. The maximum absolute atomic E-state index is 13.6. The molecule has 0 aliphatic heterocycles. The van der Waals surface area contributed by atoms with E-state index in [0.29, 0.717) is 6.07 Å². The number of hydrogen-bond donors (Lipinski definition) is 1. The molecule has 18 heavy (non-hydrogen) atoms. The summed E-state index contributed by atoms with van der Waals surface area (Å²) < 4.78 is 26.7. The van der Waals surface area contributed by atoms with E-state index in [1.807, 2.05) is 0 Å². The lowest BCUT2D eigenvalue weighted by Crippen LogP contribution is -2.33. The Morgan fingerprint density at radius 2 is 2.11 bits per heavy atom. The maximum atomic E-state index is 13.6. The molecule has 0 spiro atoms. The van der Waals surface area contributed by atoms with Crippen LogP contribution in [0.5, 0.6) is 0 Å². The van der Waals surface area contributed by atoms with Crippen molar-refractivity contribution in [2.45, 2.75) is 0 Å². The molecule has 0 aromatic heterocycles. The van der Waals surface area contributed by atoms with E-state index in [1.165, 1.54) is 14.1 Å². The van der Waals surface area contributed by atoms with Crippen molar-refractivity contribution in [3.63, 3.8) is 0 Å². The van der Waals surface area contributed by atoms with E-state index in [1.54, 1.807) is 0 Å². The fourth-order valence-corrected chi connectivity index (χ4v) is 1.41. The smallest absolute Gasteiger partial charge is 0.295 e. The largest absolute Gasteiger partial charge is 0.358 e. The molecule has 0 radical (unpaired) electrons. The van der Waals surface area contributed by atoms with Crippen molar-refractivity contribution in [1.82, 2.24) is 5.32 Å². The Hall–Kier alpha value is -2.25. The van der Waals surface area contributed by atoms with Gasteiger partial charge in [-0.1, -0.05) is 0 Å². The van der Waals surface area contributed by atoms with Gasteiger partial charge in [0.25, 0.3) is 5.69 Å². The molecule has 0 bridgehead atoms. The van der Waals surface area contributed by atoms with Crippen molar-refractivity contribution >= 4 is 17.3 Å². The molecule has 1 amide bonds. The highest BCUT2D eigenvalue weighted by molar-refractivity contribution is 5.82. The van der Waals surface area contributed by atoms with Crippen molar-refractivity contribution < 1.29 is 18.5 Å². The van der Waals surface area contributed by atoms with E-state index in [9.17, 15) is 23.7 Å². The number of rotatable bonds is 4. The van der Waals surface area contributed by atoms with Gasteiger partial charge in [0.05, 0.1) is 11.5 Å². The van der Waals surface area contributed by atoms with Gasteiger partial charge in [0.2, 0.25) is 5.91 Å². The van der Waals surface area contributed by atoms with Crippen LogP contribution >= 0.6 is 0 Å². The van der Waals surface area contributed by atoms with Gasteiger partial charge in [-0.05, 0) is 6.07 Å². The van der Waals surface area contributed by atoms with Gasteiger partial charge in [0.15, 0.2) is 17.3 Å². The number of benzene rings is 1. The van der Waals surface area contributed by atoms with Crippen molar-refractivity contribution in [3.8, 4) is 0 Å². The number of nitrogens with zero attached hydrogens (tertiary/aromatic N) is 2. The van der Waals surface area contributed by atoms with Crippen molar-refractivity contribution in [3.05, 3.63) is 33.9 Å². The minimum atomic E-state index is -1.35. The second kappa shape index (κ2) is 5.39. The standard InChI is InChI=1S/C10H11F2N3O3/c1-13-8(16)5-14(2)10-7(15(17)18)4-3-6(11)9(10)12/h3-4H,5H2,1-2H3,(H,13,16). The summed E-state index contributed by atoms with van der Waals surface area (Å²) in [6.45, 7) is -0.322. The van der Waals surface area contributed by atoms with Gasteiger partial charge >= 0.3 is 0 Å². The second-order valence-corrected chi connectivity index (χ2v) is 3.52. The van der Waals surface area contributed by atoms with Crippen LogP contribution in [-0.2, 0) is 4.79 Å². The molecule has 1 rings (SSSR count). The Bertz CT molecular complexity index is 494. The van der Waals surface area contributed by atoms with Crippen LogP contribution in [0.3, 0.4) is 0 Å². The minimum Gasteiger partial charge on any atom is -0.358 e. The summed E-state index contributed by atoms with van der Waals surface area (Å²) in [4.78, 5) is 22.0. The SMILES string of the molecule is CNC(=O)CN(C)c1c([N+](=O)[O-])ccc(F)c1F. The zero-order chi connectivity index (χ0) is 13.9. The second-order valence-electron chi connectivity index (χ2n) is 3.52. The molecule has 98 valence electrons. The lowest BCUT2D eigenvalue weighted by Gasteiger charge is -2.18. The lowest BCUT2D eigenvalue weighted by molar-refractivity contribution is -0.384. The van der Waals surface area contributed by atoms with Gasteiger partial charge in [-0.3, -0.25) is 14.9 Å². The van der Waals surface area contributed by atoms with Crippen LogP contribution in [0, 0.1) is 21.7 Å². The van der Waals surface area contributed by atoms with Crippen molar-refractivity contribution in [2.24, 2.45) is 0 Å². The number of likely N-dealkylation sites (N-methyl/N-ethyl adjacent to an activating group) is 2. The van der Waals surface area contributed by atoms with Crippen LogP contribution < -0.4 is 10.2 Å². The topological polar surface area (TPSA) is 75.5 Å². The monoisotopic (exact) mass is 259 g/mol. The van der Waals surface area contributed by atoms with Crippen LogP contribution in [-0.4, -0.2) is 31.5 Å². The fraction of sp³-hybridized carbons (Fsp3) is 0.300. The fourth-order valence-electron chi connectivity index (χ4n) is 1.41. The van der Waals surface area contributed by atoms with E-state index in [0.717, 1.165) is 11.0 Å². The van der Waals surface area contributed by atoms with Crippen LogP contribution in [0.25, 0.3) is 0 Å². The highest BCUT2D eigenvalue weighted by Gasteiger charge is 2.25. The molecule has 0 aliphatic rings. The van der Waals surface area contributed by atoms with E-state index in [4.69, 9.17) is 0 Å². The maximum Gasteiger partial charge on any atom is 0.295 e. The first-order valence-electron chi connectivity index (χ1n) is 4.92. The zero-order valence-electron chi connectivity index (χ0n) is 9.74. The third-order valence-corrected chi connectivity index (χ3v) is 2.29. The lowest BCUT2D eigenvalue weighted by atomic mass is 10.2. The van der Waals surface area contributed by atoms with E-state index in [2.05, 4.69) is 5.32 Å². The number of carbonyl (C=O) groups is 1. The Kier molecular flexibility index (Phi) is 4.13. The Balaban J connectivity index is 3.23. The van der Waals surface area contributed by atoms with E-state index in [-0.39, 0.29) is 6.54 Å². The zero-order valence-corrected chi connectivity index (χ0v) is 9.74. The van der Waals surface area contributed by atoms with E-state index >= 15 is 0 Å². The summed E-state index contributed by atoms with van der Waals surface area (Å²) in [6, 6.07) is 1.53. The summed E-state index contributed by atoms with van der Waals surface area (Å²) in [5, 5.41) is 13.0. The highest BCUT2D eigenvalue weighted by atomic mass is 19.2. The number of hydrogen-bond acceptors (Lipinski definition) is 4. The molecule has 0 heterocycles. The summed E-state index contributed by atoms with van der Waals surface area (Å²) in [7, 11) is 2.63. The molecule has 1 N–H and O–H groups in total. The average Bonchev–Trinajstić information content (AvgIpc) is 2.31. The van der Waals surface area contributed by atoms with Crippen LogP contribution in [0.4, 0.5) is 20.2 Å². The van der Waals surface area contributed by atoms with E-state index < -0.39 is 33.8 Å². The summed E-state index contributed by atoms with van der Waals surface area (Å²) in [5.41, 5.74) is -1.15. The first-order valence-corrected chi connectivity index (χ1v) is 4.92. The molecule has 0 saturated heterocycles. The van der Waals surface area contributed by atoms with Gasteiger partial charge in [-0.25, -0.2) is 8.78 Å². The third kappa shape index (κ3) is 2.70. The molecular weight excluding hydrogens is 248 g/mol. The van der Waals surface area contributed by atoms with Gasteiger partial charge < -0.3 is 10.2 Å². The molecule has 1 aromatic rings. The molecule has 1 aromatic carbocycles. The minimum absolute atomic E-state index is 0.322. The number of carbonyl (C=O) groups excluding carboxylic acids is 1. The molecule has 8 heteroatoms. The van der Waals surface area contributed by atoms with Crippen LogP contribution in [0.1, 0.15) is 0 Å². The number of amides is 1. The first kappa shape index (κ1) is 13.8. The number of nitrogens with one attached hydrogen (secondary N) is 1. The first-order chi connectivity index (χ1) is 8.38. The molecule has 6 nitrogen and oxygen atoms in total. The molecule has 0 fully saturated rings. The van der Waals surface area contributed by atoms with Gasteiger partial charge in [0.1, 0.15) is 0 Å².